The van der Waals surface area contributed by atoms with Crippen molar-refractivity contribution >= 4 is 10.0 Å². The van der Waals surface area contributed by atoms with Crippen LogP contribution in [0.4, 0.5) is 17.6 Å². The molecule has 10 heteroatoms. The monoisotopic (exact) mass is 389 g/mol. The smallest absolute Gasteiger partial charge is 0.313 e. The Balaban J connectivity index is 2.08. The Labute approximate surface area is 147 Å². The number of hydrogen-bond acceptors (Lipinski definition) is 4. The number of halogens is 4. The number of nitrogens with one attached hydrogen (secondary N) is 1. The van der Waals surface area contributed by atoms with E-state index in [9.17, 15) is 26.0 Å². The molecule has 1 aromatic carbocycles. The first-order valence-electron chi connectivity index (χ1n) is 7.70. The number of aromatic nitrogens is 1. The van der Waals surface area contributed by atoms with Crippen molar-refractivity contribution in [3.8, 4) is 0 Å². The number of hydrogen-bond donors (Lipinski definition) is 1. The number of nitrogens with zero attached hydrogens (tertiary/aromatic N) is 2. The quantitative estimate of drug-likeness (QED) is 0.820. The van der Waals surface area contributed by atoms with Crippen molar-refractivity contribution in [3.63, 3.8) is 0 Å². The van der Waals surface area contributed by atoms with Gasteiger partial charge in [-0.25, -0.2) is 12.8 Å². The van der Waals surface area contributed by atoms with Gasteiger partial charge in [0.05, 0.1) is 11.6 Å². The fourth-order valence-corrected chi connectivity index (χ4v) is 4.69. The predicted molar refractivity (Wildman–Crippen MR) is 85.1 cm³/mol. The van der Waals surface area contributed by atoms with E-state index in [1.807, 2.05) is 0 Å². The highest BCUT2D eigenvalue weighted by Gasteiger charge is 2.42. The van der Waals surface area contributed by atoms with Crippen LogP contribution in [0.5, 0.6) is 0 Å². The fourth-order valence-electron chi connectivity index (χ4n) is 2.92. The molecule has 1 aromatic heterocycles. The molecule has 3 rings (SSSR count). The van der Waals surface area contributed by atoms with Crippen LogP contribution in [0.15, 0.2) is 47.6 Å². The lowest BCUT2D eigenvalue weighted by atomic mass is 10.1. The third kappa shape index (κ3) is 3.57. The van der Waals surface area contributed by atoms with Gasteiger partial charge in [-0.15, -0.1) is 0 Å². The molecule has 140 valence electrons. The Bertz CT molecular complexity index is 902. The molecule has 0 bridgehead atoms. The maximum Gasteiger partial charge on any atom is 0.417 e. The summed E-state index contributed by atoms with van der Waals surface area (Å²) < 4.78 is 80.2. The van der Waals surface area contributed by atoms with E-state index in [4.69, 9.17) is 0 Å². The zero-order valence-corrected chi connectivity index (χ0v) is 14.2. The van der Waals surface area contributed by atoms with Crippen molar-refractivity contribution in [2.75, 3.05) is 19.6 Å². The molecule has 0 aliphatic carbocycles. The van der Waals surface area contributed by atoms with Crippen LogP contribution < -0.4 is 5.32 Å². The summed E-state index contributed by atoms with van der Waals surface area (Å²) >= 11 is 0. The Morgan fingerprint density at radius 2 is 2.00 bits per heavy atom. The average molecular weight is 389 g/mol. The van der Waals surface area contributed by atoms with Crippen LogP contribution in [0.3, 0.4) is 0 Å². The molecule has 2 aromatic rings. The Morgan fingerprint density at radius 3 is 2.69 bits per heavy atom. The summed E-state index contributed by atoms with van der Waals surface area (Å²) in [6, 6.07) is 5.15. The Kier molecular flexibility index (Phi) is 5.00. The molecule has 1 unspecified atom stereocenters. The molecule has 1 N–H and O–H groups in total. The molecule has 1 fully saturated rings. The van der Waals surface area contributed by atoms with E-state index >= 15 is 0 Å². The van der Waals surface area contributed by atoms with Gasteiger partial charge in [0, 0.05) is 32.0 Å². The van der Waals surface area contributed by atoms with Crippen molar-refractivity contribution in [2.24, 2.45) is 0 Å². The van der Waals surface area contributed by atoms with Crippen LogP contribution >= 0.6 is 0 Å². The molecule has 0 radical (unpaired) electrons. The topological polar surface area (TPSA) is 62.3 Å². The van der Waals surface area contributed by atoms with Gasteiger partial charge in [-0.1, -0.05) is 12.1 Å². The summed E-state index contributed by atoms with van der Waals surface area (Å²) in [6.45, 7) is 0.382. The molecule has 26 heavy (non-hydrogen) atoms. The highest BCUT2D eigenvalue weighted by Crippen LogP contribution is 2.37. The summed E-state index contributed by atoms with van der Waals surface area (Å²) in [7, 11) is -4.50. The lowest BCUT2D eigenvalue weighted by molar-refractivity contribution is -0.140. The summed E-state index contributed by atoms with van der Waals surface area (Å²) in [4.78, 5) is 2.64. The minimum atomic E-state index is -4.84. The minimum absolute atomic E-state index is 0.0459. The number of sulfonamides is 1. The van der Waals surface area contributed by atoms with E-state index in [2.05, 4.69) is 10.3 Å². The second-order valence-corrected chi connectivity index (χ2v) is 7.62. The highest BCUT2D eigenvalue weighted by atomic mass is 32.2. The van der Waals surface area contributed by atoms with Crippen molar-refractivity contribution in [3.05, 3.63) is 59.7 Å². The van der Waals surface area contributed by atoms with Crippen LogP contribution in [-0.4, -0.2) is 37.3 Å². The lowest BCUT2D eigenvalue weighted by Gasteiger charge is -2.35. The summed E-state index contributed by atoms with van der Waals surface area (Å²) in [5.41, 5.74) is -0.915. The lowest BCUT2D eigenvalue weighted by Crippen LogP contribution is -2.48. The van der Waals surface area contributed by atoms with E-state index < -0.39 is 38.5 Å². The third-order valence-electron chi connectivity index (χ3n) is 4.10. The number of rotatable bonds is 3. The SMILES string of the molecule is O=S(=O)(c1cnccc1C(F)(F)F)N1CCNCC1c1cccc(F)c1. The number of benzene rings is 1. The Hall–Kier alpha value is -2.04. The van der Waals surface area contributed by atoms with E-state index in [1.54, 1.807) is 0 Å². The molecular weight excluding hydrogens is 374 g/mol. The van der Waals surface area contributed by atoms with Gasteiger partial charge in [0.2, 0.25) is 10.0 Å². The van der Waals surface area contributed by atoms with Gasteiger partial charge in [-0.2, -0.15) is 17.5 Å². The van der Waals surface area contributed by atoms with E-state index in [-0.39, 0.29) is 19.6 Å². The van der Waals surface area contributed by atoms with E-state index in [0.717, 1.165) is 10.5 Å². The summed E-state index contributed by atoms with van der Waals surface area (Å²) in [5.74, 6) is -0.553. The van der Waals surface area contributed by atoms with Gasteiger partial charge >= 0.3 is 6.18 Å². The van der Waals surface area contributed by atoms with Crippen molar-refractivity contribution < 1.29 is 26.0 Å². The van der Waals surface area contributed by atoms with Crippen LogP contribution in [0, 0.1) is 5.82 Å². The number of piperazine rings is 1. The van der Waals surface area contributed by atoms with Crippen molar-refractivity contribution in [1.29, 1.82) is 0 Å². The van der Waals surface area contributed by atoms with Gasteiger partial charge < -0.3 is 5.32 Å². The standard InChI is InChI=1S/C16H15F4N3O2S/c17-12-3-1-2-11(8-12)14-9-22-6-7-23(14)26(24,25)15-10-21-5-4-13(15)16(18,19)20/h1-5,8,10,14,22H,6-7,9H2. The fraction of sp³-hybridized carbons (Fsp3) is 0.312. The number of alkyl halides is 3. The van der Waals surface area contributed by atoms with E-state index in [1.165, 1.54) is 24.3 Å². The molecule has 1 aliphatic heterocycles. The Morgan fingerprint density at radius 1 is 1.23 bits per heavy atom. The van der Waals surface area contributed by atoms with Crippen molar-refractivity contribution in [2.45, 2.75) is 17.1 Å². The molecule has 0 amide bonds. The van der Waals surface area contributed by atoms with Gasteiger partial charge in [0.25, 0.3) is 0 Å². The van der Waals surface area contributed by atoms with E-state index in [0.29, 0.717) is 17.8 Å². The normalized spacial score (nSPS) is 19.5. The number of pyridine rings is 1. The summed E-state index contributed by atoms with van der Waals surface area (Å²) in [5, 5.41) is 2.98. The molecular formula is C16H15F4N3O2S. The first kappa shape index (κ1) is 18.7. The van der Waals surface area contributed by atoms with Crippen LogP contribution in [-0.2, 0) is 16.2 Å². The van der Waals surface area contributed by atoms with Gasteiger partial charge in [-0.05, 0) is 23.8 Å². The van der Waals surface area contributed by atoms with Gasteiger partial charge in [0.1, 0.15) is 10.7 Å². The van der Waals surface area contributed by atoms with Crippen LogP contribution in [0.25, 0.3) is 0 Å². The maximum atomic E-state index is 13.5. The molecule has 0 spiro atoms. The predicted octanol–water partition coefficient (Wildman–Crippen LogP) is 2.57. The highest BCUT2D eigenvalue weighted by molar-refractivity contribution is 7.89. The van der Waals surface area contributed by atoms with Crippen molar-refractivity contribution in [1.82, 2.24) is 14.6 Å². The zero-order chi connectivity index (χ0) is 18.9. The second kappa shape index (κ2) is 6.93. The average Bonchev–Trinajstić information content (AvgIpc) is 2.61. The van der Waals surface area contributed by atoms with Crippen LogP contribution in [0.2, 0.25) is 0 Å². The third-order valence-corrected chi connectivity index (χ3v) is 6.04. The molecule has 1 saturated heterocycles. The molecule has 5 nitrogen and oxygen atoms in total. The molecule has 1 aliphatic rings. The molecule has 2 heterocycles. The first-order chi connectivity index (χ1) is 12.2. The van der Waals surface area contributed by atoms with Gasteiger partial charge in [0.15, 0.2) is 0 Å². The minimum Gasteiger partial charge on any atom is -0.313 e. The zero-order valence-electron chi connectivity index (χ0n) is 13.4. The van der Waals surface area contributed by atoms with Crippen LogP contribution in [0.1, 0.15) is 17.2 Å². The molecule has 1 atom stereocenters. The first-order valence-corrected chi connectivity index (χ1v) is 9.14. The second-order valence-electron chi connectivity index (χ2n) is 5.76. The maximum absolute atomic E-state index is 13.5. The largest absolute Gasteiger partial charge is 0.417 e. The molecule has 0 saturated carbocycles. The van der Waals surface area contributed by atoms with Gasteiger partial charge in [-0.3, -0.25) is 4.98 Å². The summed E-state index contributed by atoms with van der Waals surface area (Å²) in [6.07, 6.45) is -3.25.